The van der Waals surface area contributed by atoms with Crippen LogP contribution < -0.4 is 5.11 Å². The quantitative estimate of drug-likeness (QED) is 0.0261. The molecule has 2 unspecified atom stereocenters. The Morgan fingerprint density at radius 3 is 1.28 bits per heavy atom. The Morgan fingerprint density at radius 1 is 0.492 bits per heavy atom. The van der Waals surface area contributed by atoms with Crippen molar-refractivity contribution < 1.29 is 38.2 Å². The number of esters is 2. The van der Waals surface area contributed by atoms with Crippen molar-refractivity contribution in [2.24, 2.45) is 0 Å². The molecule has 2 atom stereocenters. The fourth-order valence-electron chi connectivity index (χ4n) is 6.35. The Kier molecular flexibility index (Phi) is 40.3. The molecule has 8 heteroatoms. The van der Waals surface area contributed by atoms with Gasteiger partial charge in [0.25, 0.3) is 0 Å². The second-order valence-corrected chi connectivity index (χ2v) is 16.6. The number of unbranched alkanes of at least 4 members (excludes halogenated alkanes) is 11. The highest BCUT2D eigenvalue weighted by Crippen LogP contribution is 2.13. The second kappa shape index (κ2) is 42.9. The van der Waals surface area contributed by atoms with Crippen molar-refractivity contribution in [1.29, 1.82) is 0 Å². The number of carboxylic acids is 1. The molecule has 61 heavy (non-hydrogen) atoms. The fraction of sp³-hybridized carbons (Fsp3) is 0.642. The van der Waals surface area contributed by atoms with Gasteiger partial charge in [0.15, 0.2) is 6.10 Å². The zero-order valence-electron chi connectivity index (χ0n) is 39.3. The van der Waals surface area contributed by atoms with Crippen LogP contribution in [0.5, 0.6) is 0 Å². The van der Waals surface area contributed by atoms with Gasteiger partial charge < -0.3 is 28.6 Å². The monoisotopic (exact) mass is 850 g/mol. The predicted octanol–water partition coefficient (Wildman–Crippen LogP) is 12.1. The summed E-state index contributed by atoms with van der Waals surface area (Å²) in [4.78, 5) is 36.9. The van der Waals surface area contributed by atoms with Gasteiger partial charge in [-0.25, -0.2) is 0 Å². The molecule has 0 fully saturated rings. The average Bonchev–Trinajstić information content (AvgIpc) is 3.22. The van der Waals surface area contributed by atoms with E-state index in [4.69, 9.17) is 14.2 Å². The second-order valence-electron chi connectivity index (χ2n) is 16.6. The summed E-state index contributed by atoms with van der Waals surface area (Å²) >= 11 is 0. The lowest BCUT2D eigenvalue weighted by atomic mass is 10.1. The number of aliphatic carboxylic acids is 1. The predicted molar refractivity (Wildman–Crippen MR) is 254 cm³/mol. The van der Waals surface area contributed by atoms with Crippen molar-refractivity contribution in [2.45, 2.75) is 180 Å². The summed E-state index contributed by atoms with van der Waals surface area (Å²) in [6, 6.07) is -0.737. The number of hydrogen-bond donors (Lipinski definition) is 0. The van der Waals surface area contributed by atoms with E-state index >= 15 is 0 Å². The van der Waals surface area contributed by atoms with Gasteiger partial charge in [-0.3, -0.25) is 9.59 Å². The van der Waals surface area contributed by atoms with Crippen molar-refractivity contribution in [3.63, 3.8) is 0 Å². The van der Waals surface area contributed by atoms with E-state index in [9.17, 15) is 19.5 Å². The first-order valence-electron chi connectivity index (χ1n) is 23.8. The Morgan fingerprint density at radius 2 is 0.869 bits per heavy atom. The van der Waals surface area contributed by atoms with Crippen LogP contribution in [-0.4, -0.2) is 75.5 Å². The summed E-state index contributed by atoms with van der Waals surface area (Å²) < 4.78 is 17.2. The van der Waals surface area contributed by atoms with E-state index in [0.717, 1.165) is 116 Å². The van der Waals surface area contributed by atoms with Crippen LogP contribution in [0.25, 0.3) is 0 Å². The number of nitrogens with zero attached hydrogens (tertiary/aromatic N) is 1. The van der Waals surface area contributed by atoms with Crippen molar-refractivity contribution in [2.75, 3.05) is 41.0 Å². The van der Waals surface area contributed by atoms with Crippen molar-refractivity contribution >= 4 is 17.9 Å². The van der Waals surface area contributed by atoms with Crippen LogP contribution in [0.1, 0.15) is 168 Å². The molecule has 0 aromatic rings. The Labute approximate surface area is 373 Å². The summed E-state index contributed by atoms with van der Waals surface area (Å²) in [6.07, 6.45) is 57.2. The van der Waals surface area contributed by atoms with Gasteiger partial charge in [-0.15, -0.1) is 0 Å². The van der Waals surface area contributed by atoms with Crippen LogP contribution in [0.2, 0.25) is 0 Å². The van der Waals surface area contributed by atoms with E-state index in [-0.39, 0.29) is 49.1 Å². The molecule has 346 valence electrons. The van der Waals surface area contributed by atoms with Crippen molar-refractivity contribution in [3.8, 4) is 0 Å². The lowest BCUT2D eigenvalue weighted by Crippen LogP contribution is -2.55. The molecule has 0 bridgehead atoms. The third-order valence-electron chi connectivity index (χ3n) is 9.97. The largest absolute Gasteiger partial charge is 0.544 e. The number of carboxylic acid groups (broad SMARTS) is 1. The minimum absolute atomic E-state index is 0.0218. The number of likely N-dealkylation sites (N-methyl/N-ethyl adjacent to an activating group) is 1. The summed E-state index contributed by atoms with van der Waals surface area (Å²) in [5.41, 5.74) is 0. The summed E-state index contributed by atoms with van der Waals surface area (Å²) in [6.45, 7) is 4.38. The maximum Gasteiger partial charge on any atom is 0.306 e. The zero-order valence-corrected chi connectivity index (χ0v) is 39.3. The van der Waals surface area contributed by atoms with E-state index < -0.39 is 18.1 Å². The molecule has 0 aliphatic rings. The van der Waals surface area contributed by atoms with E-state index in [1.807, 2.05) is 0 Å². The number of carbonyl (C=O) groups excluding carboxylic acids is 3. The van der Waals surface area contributed by atoms with Gasteiger partial charge in [0, 0.05) is 19.3 Å². The molecule has 0 N–H and O–H groups in total. The molecule has 0 aliphatic heterocycles. The van der Waals surface area contributed by atoms with Gasteiger partial charge in [-0.2, -0.15) is 0 Å². The van der Waals surface area contributed by atoms with Crippen LogP contribution in [0.4, 0.5) is 0 Å². The molecule has 0 aromatic heterocycles. The molecule has 0 rings (SSSR count). The van der Waals surface area contributed by atoms with E-state index in [1.165, 1.54) is 19.3 Å². The Bertz CT molecular complexity index is 1310. The highest BCUT2D eigenvalue weighted by atomic mass is 16.6. The molecule has 0 aliphatic carbocycles. The fourth-order valence-corrected chi connectivity index (χ4v) is 6.35. The maximum absolute atomic E-state index is 12.7. The highest BCUT2D eigenvalue weighted by molar-refractivity contribution is 5.70. The molecule has 0 amide bonds. The van der Waals surface area contributed by atoms with Crippen LogP contribution in [-0.2, 0) is 28.6 Å². The minimum atomic E-state index is -1.13. The number of quaternary nitrogens is 1. The van der Waals surface area contributed by atoms with E-state index in [1.54, 1.807) is 21.1 Å². The van der Waals surface area contributed by atoms with Gasteiger partial charge in [0.2, 0.25) is 0 Å². The topological polar surface area (TPSA) is 102 Å². The normalized spacial score (nSPS) is 13.8. The third kappa shape index (κ3) is 41.4. The molecule has 0 radical (unpaired) electrons. The third-order valence-corrected chi connectivity index (χ3v) is 9.97. The number of rotatable bonds is 41. The Balaban J connectivity index is 4.32. The molecule has 0 aromatic carbocycles. The minimum Gasteiger partial charge on any atom is -0.544 e. The van der Waals surface area contributed by atoms with Gasteiger partial charge in [0.05, 0.1) is 40.3 Å². The molecule has 8 nitrogen and oxygen atoms in total. The first-order valence-corrected chi connectivity index (χ1v) is 23.8. The van der Waals surface area contributed by atoms with Gasteiger partial charge >= 0.3 is 11.9 Å². The Hall–Kier alpha value is -3.75. The lowest BCUT2D eigenvalue weighted by molar-refractivity contribution is -0.889. The highest BCUT2D eigenvalue weighted by Gasteiger charge is 2.25. The lowest BCUT2D eigenvalue weighted by Gasteiger charge is -2.34. The molecular weight excluding hydrogens is 763 g/mol. The first-order chi connectivity index (χ1) is 29.6. The van der Waals surface area contributed by atoms with Crippen LogP contribution in [0.15, 0.2) is 97.2 Å². The number of allylic oxidation sites excluding steroid dienone is 16. The van der Waals surface area contributed by atoms with Crippen molar-refractivity contribution in [1.82, 2.24) is 0 Å². The van der Waals surface area contributed by atoms with E-state index in [2.05, 4.69) is 111 Å². The first kappa shape index (κ1) is 57.2. The van der Waals surface area contributed by atoms with Crippen LogP contribution in [0, 0.1) is 0 Å². The summed E-state index contributed by atoms with van der Waals surface area (Å²) in [5, 5.41) is 11.6. The molecule has 0 saturated heterocycles. The molecule has 0 spiro atoms. The average molecular weight is 850 g/mol. The van der Waals surface area contributed by atoms with Gasteiger partial charge in [0.1, 0.15) is 12.6 Å². The summed E-state index contributed by atoms with van der Waals surface area (Å²) in [5.74, 6) is -1.79. The smallest absolute Gasteiger partial charge is 0.306 e. The zero-order chi connectivity index (χ0) is 44.9. The maximum atomic E-state index is 12.7. The number of carbonyl (C=O) groups is 3. The molecular formula is C53H87NO7. The standard InChI is InChI=1S/C53H87NO7/c1-6-8-10-12-14-16-18-20-22-23-24-25-26-27-28-29-30-32-33-35-37-39-41-43-51(55)60-48-49(47-59-46-45-50(53(57)58)54(3,4)5)61-52(56)44-42-40-38-36-34-31-21-19-17-15-13-11-9-7-2/h8-11,14-17,20-22,24-25,27-28,31,49-50H,6-7,12-13,18-19,23,26,29-30,32-48H2,1-5H3/b10-8+,11-9+,16-14+,17-15+,22-20+,25-24+,28-27+,31-21+. The number of ether oxygens (including phenoxy) is 3. The van der Waals surface area contributed by atoms with Crippen molar-refractivity contribution in [3.05, 3.63) is 97.2 Å². The molecule has 0 heterocycles. The van der Waals surface area contributed by atoms with Crippen LogP contribution in [0.3, 0.4) is 0 Å². The summed E-state index contributed by atoms with van der Waals surface area (Å²) in [7, 11) is 5.39. The van der Waals surface area contributed by atoms with Crippen LogP contribution >= 0.6 is 0 Å². The van der Waals surface area contributed by atoms with E-state index in [0.29, 0.717) is 6.42 Å². The van der Waals surface area contributed by atoms with Gasteiger partial charge in [-0.05, 0) is 89.9 Å². The molecule has 0 saturated carbocycles. The number of hydrogen-bond acceptors (Lipinski definition) is 7. The SMILES string of the molecule is CC/C=C/C/C=C/C/C=C/C/C=C/C/C=C/CCCCCCCCCC(=O)OCC(COCCC(C(=O)[O-])[N+](C)(C)C)OC(=O)CCCCCC/C=C/C/C=C/C/C=C/CC. The van der Waals surface area contributed by atoms with Gasteiger partial charge in [-0.1, -0.05) is 156 Å².